The van der Waals surface area contributed by atoms with Crippen molar-refractivity contribution in [3.8, 4) is 10.6 Å². The minimum absolute atomic E-state index is 0.0623. The van der Waals surface area contributed by atoms with E-state index < -0.39 is 5.97 Å². The fourth-order valence-corrected chi connectivity index (χ4v) is 2.65. The monoisotopic (exact) mass is 290 g/mol. The molecule has 7 nitrogen and oxygen atoms in total. The van der Waals surface area contributed by atoms with E-state index in [4.69, 9.17) is 4.52 Å². The van der Waals surface area contributed by atoms with E-state index in [0.29, 0.717) is 23.7 Å². The van der Waals surface area contributed by atoms with Gasteiger partial charge in [-0.15, -0.1) is 16.4 Å². The van der Waals surface area contributed by atoms with Gasteiger partial charge in [0.1, 0.15) is 17.1 Å². The van der Waals surface area contributed by atoms with Gasteiger partial charge in [-0.25, -0.2) is 9.48 Å². The lowest BCUT2D eigenvalue weighted by molar-refractivity contribution is 0.0691. The van der Waals surface area contributed by atoms with Crippen molar-refractivity contribution in [1.29, 1.82) is 0 Å². The molecule has 0 saturated heterocycles. The van der Waals surface area contributed by atoms with Gasteiger partial charge >= 0.3 is 5.97 Å². The van der Waals surface area contributed by atoms with Crippen LogP contribution in [0.3, 0.4) is 0 Å². The molecule has 8 heteroatoms. The summed E-state index contributed by atoms with van der Waals surface area (Å²) in [5.41, 5.74) is 1.09. The van der Waals surface area contributed by atoms with Crippen molar-refractivity contribution in [2.24, 2.45) is 0 Å². The summed E-state index contributed by atoms with van der Waals surface area (Å²) in [6, 6.07) is 5.46. The highest BCUT2D eigenvalue weighted by Gasteiger charge is 2.21. The van der Waals surface area contributed by atoms with E-state index in [1.807, 2.05) is 17.5 Å². The number of aryl methyl sites for hydroxylation is 1. The molecule has 3 heterocycles. The summed E-state index contributed by atoms with van der Waals surface area (Å²) in [5, 5.41) is 22.6. The molecule has 0 unspecified atom stereocenters. The summed E-state index contributed by atoms with van der Waals surface area (Å²) in [5.74, 6) is -0.410. The number of carboxylic acids is 1. The summed E-state index contributed by atoms with van der Waals surface area (Å²) in [6.07, 6.45) is 0. The van der Waals surface area contributed by atoms with Crippen LogP contribution in [0.4, 0.5) is 0 Å². The van der Waals surface area contributed by atoms with E-state index in [9.17, 15) is 9.90 Å². The maximum Gasteiger partial charge on any atom is 0.358 e. The van der Waals surface area contributed by atoms with E-state index in [1.54, 1.807) is 13.0 Å². The highest BCUT2D eigenvalue weighted by molar-refractivity contribution is 7.13. The van der Waals surface area contributed by atoms with Gasteiger partial charge in [-0.1, -0.05) is 16.4 Å². The van der Waals surface area contributed by atoms with Crippen molar-refractivity contribution >= 4 is 17.3 Å². The standard InChI is InChI=1S/C12H10N4O3S/c1-7-5-8(14-19-7)6-16-11(9-3-2-4-20-9)10(12(17)18)13-15-16/h2-5H,6H2,1H3,(H,17,18). The first-order chi connectivity index (χ1) is 9.65. The lowest BCUT2D eigenvalue weighted by atomic mass is 10.2. The first-order valence-corrected chi connectivity index (χ1v) is 6.66. The van der Waals surface area contributed by atoms with Crippen LogP contribution in [-0.2, 0) is 6.54 Å². The molecule has 3 aromatic rings. The van der Waals surface area contributed by atoms with Gasteiger partial charge in [0.25, 0.3) is 0 Å². The number of carbonyl (C=O) groups is 1. The summed E-state index contributed by atoms with van der Waals surface area (Å²) < 4.78 is 6.52. The van der Waals surface area contributed by atoms with Gasteiger partial charge in [-0.05, 0) is 18.4 Å². The Morgan fingerprint density at radius 3 is 3.00 bits per heavy atom. The van der Waals surface area contributed by atoms with Crippen LogP contribution in [0.1, 0.15) is 21.9 Å². The smallest absolute Gasteiger partial charge is 0.358 e. The highest BCUT2D eigenvalue weighted by Crippen LogP contribution is 2.27. The van der Waals surface area contributed by atoms with Crippen LogP contribution in [-0.4, -0.2) is 31.2 Å². The third-order valence-corrected chi connectivity index (χ3v) is 3.56. The molecular formula is C12H10N4O3S. The van der Waals surface area contributed by atoms with Crippen LogP contribution >= 0.6 is 11.3 Å². The van der Waals surface area contributed by atoms with Crippen LogP contribution in [0.25, 0.3) is 10.6 Å². The van der Waals surface area contributed by atoms with Gasteiger partial charge in [0, 0.05) is 6.07 Å². The van der Waals surface area contributed by atoms with Crippen LogP contribution < -0.4 is 0 Å². The average Bonchev–Trinajstić information content (AvgIpc) is 3.10. The maximum absolute atomic E-state index is 11.2. The predicted molar refractivity (Wildman–Crippen MR) is 70.6 cm³/mol. The predicted octanol–water partition coefficient (Wildman–Crippen LogP) is 2.05. The molecule has 0 spiro atoms. The summed E-state index contributed by atoms with van der Waals surface area (Å²) >= 11 is 1.43. The number of hydrogen-bond donors (Lipinski definition) is 1. The maximum atomic E-state index is 11.2. The first-order valence-electron chi connectivity index (χ1n) is 5.78. The van der Waals surface area contributed by atoms with Gasteiger partial charge in [0.15, 0.2) is 5.69 Å². The fourth-order valence-electron chi connectivity index (χ4n) is 1.87. The van der Waals surface area contributed by atoms with Crippen molar-refractivity contribution in [2.75, 3.05) is 0 Å². The van der Waals surface area contributed by atoms with Gasteiger partial charge in [-0.2, -0.15) is 0 Å². The molecule has 3 aromatic heterocycles. The molecular weight excluding hydrogens is 280 g/mol. The van der Waals surface area contributed by atoms with E-state index in [0.717, 1.165) is 4.88 Å². The third kappa shape index (κ3) is 2.21. The van der Waals surface area contributed by atoms with Crippen molar-refractivity contribution in [3.63, 3.8) is 0 Å². The topological polar surface area (TPSA) is 94.0 Å². The Morgan fingerprint density at radius 1 is 1.55 bits per heavy atom. The van der Waals surface area contributed by atoms with Crippen LogP contribution in [0, 0.1) is 6.92 Å². The van der Waals surface area contributed by atoms with E-state index in [-0.39, 0.29) is 5.69 Å². The van der Waals surface area contributed by atoms with Gasteiger partial charge < -0.3 is 9.63 Å². The Hall–Kier alpha value is -2.48. The first kappa shape index (κ1) is 12.5. The van der Waals surface area contributed by atoms with Crippen molar-refractivity contribution in [2.45, 2.75) is 13.5 Å². The SMILES string of the molecule is Cc1cc(Cn2nnc(C(=O)O)c2-c2cccs2)no1. The number of aromatic carboxylic acids is 1. The van der Waals surface area contributed by atoms with Crippen molar-refractivity contribution in [1.82, 2.24) is 20.2 Å². The Bertz CT molecular complexity index is 745. The second kappa shape index (κ2) is 4.89. The van der Waals surface area contributed by atoms with Gasteiger partial charge in [0.2, 0.25) is 0 Å². The number of carboxylic acid groups (broad SMARTS) is 1. The second-order valence-corrected chi connectivity index (χ2v) is 5.10. The normalized spacial score (nSPS) is 10.8. The number of nitrogens with zero attached hydrogens (tertiary/aromatic N) is 4. The molecule has 0 saturated carbocycles. The van der Waals surface area contributed by atoms with Gasteiger partial charge in [-0.3, -0.25) is 0 Å². The molecule has 0 aromatic carbocycles. The Balaban J connectivity index is 2.05. The molecule has 0 aliphatic heterocycles. The molecule has 0 radical (unpaired) electrons. The van der Waals surface area contributed by atoms with Crippen LogP contribution in [0.2, 0.25) is 0 Å². The molecule has 20 heavy (non-hydrogen) atoms. The van der Waals surface area contributed by atoms with Crippen LogP contribution in [0.5, 0.6) is 0 Å². The molecule has 0 bridgehead atoms. The minimum Gasteiger partial charge on any atom is -0.476 e. The zero-order valence-corrected chi connectivity index (χ0v) is 11.3. The zero-order chi connectivity index (χ0) is 14.1. The molecule has 0 fully saturated rings. The second-order valence-electron chi connectivity index (χ2n) is 4.16. The molecule has 3 rings (SSSR count). The zero-order valence-electron chi connectivity index (χ0n) is 10.5. The van der Waals surface area contributed by atoms with Gasteiger partial charge in [0.05, 0.1) is 11.4 Å². The fraction of sp³-hybridized carbons (Fsp3) is 0.167. The Kier molecular flexibility index (Phi) is 3.07. The minimum atomic E-state index is -1.10. The van der Waals surface area contributed by atoms with E-state index in [2.05, 4.69) is 15.5 Å². The quantitative estimate of drug-likeness (QED) is 0.790. The number of rotatable bonds is 4. The summed E-state index contributed by atoms with van der Waals surface area (Å²) in [7, 11) is 0. The van der Waals surface area contributed by atoms with Crippen molar-refractivity contribution in [3.05, 3.63) is 40.7 Å². The number of hydrogen-bond acceptors (Lipinski definition) is 6. The number of thiophene rings is 1. The third-order valence-electron chi connectivity index (χ3n) is 2.68. The summed E-state index contributed by atoms with van der Waals surface area (Å²) in [4.78, 5) is 12.0. The molecule has 0 aliphatic rings. The molecule has 1 N–H and O–H groups in total. The Labute approximate surface area is 117 Å². The molecule has 0 aliphatic carbocycles. The summed E-state index contributed by atoms with van der Waals surface area (Å²) in [6.45, 7) is 2.10. The molecule has 0 amide bonds. The van der Waals surface area contributed by atoms with E-state index >= 15 is 0 Å². The van der Waals surface area contributed by atoms with E-state index in [1.165, 1.54) is 16.0 Å². The lowest BCUT2D eigenvalue weighted by Gasteiger charge is -2.02. The highest BCUT2D eigenvalue weighted by atomic mass is 32.1. The largest absolute Gasteiger partial charge is 0.476 e. The van der Waals surface area contributed by atoms with Crippen molar-refractivity contribution < 1.29 is 14.4 Å². The molecule has 102 valence electrons. The lowest BCUT2D eigenvalue weighted by Crippen LogP contribution is -2.05. The Morgan fingerprint density at radius 2 is 2.40 bits per heavy atom. The van der Waals surface area contributed by atoms with Crippen LogP contribution in [0.15, 0.2) is 28.1 Å². The average molecular weight is 290 g/mol. The number of aromatic nitrogens is 4. The molecule has 0 atom stereocenters.